The number of aliphatic carboxylic acids is 1. The Morgan fingerprint density at radius 2 is 1.67 bits per heavy atom. The largest absolute Gasteiger partial charge is 0.479 e. The van der Waals surface area contributed by atoms with E-state index in [9.17, 15) is 19.8 Å². The first-order valence-corrected chi connectivity index (χ1v) is 8.98. The standard InChI is InChI=1S/C18H29NO5/c1-16(2,3)24-15(22)19-18(14(20)21)5-4-17(23)9-11-6-12(10-17)8-13(18)7-11/h11-13,23H,4-10H2,1-3H3,(H,19,22)(H,20,21)/t11?,12?,13?,17?,18-/m0/s1. The highest BCUT2D eigenvalue weighted by Crippen LogP contribution is 2.54. The van der Waals surface area contributed by atoms with Gasteiger partial charge in [0.2, 0.25) is 0 Å². The van der Waals surface area contributed by atoms with Crippen molar-refractivity contribution in [1.82, 2.24) is 5.32 Å². The van der Waals surface area contributed by atoms with Crippen molar-refractivity contribution in [1.29, 1.82) is 0 Å². The van der Waals surface area contributed by atoms with Gasteiger partial charge in [0.1, 0.15) is 11.1 Å². The van der Waals surface area contributed by atoms with Gasteiger partial charge in [-0.25, -0.2) is 9.59 Å². The van der Waals surface area contributed by atoms with Gasteiger partial charge < -0.3 is 20.3 Å². The molecule has 3 N–H and O–H groups in total. The fourth-order valence-corrected chi connectivity index (χ4v) is 5.28. The summed E-state index contributed by atoms with van der Waals surface area (Å²) in [4.78, 5) is 24.5. The van der Waals surface area contributed by atoms with Crippen LogP contribution in [0.2, 0.25) is 0 Å². The molecule has 24 heavy (non-hydrogen) atoms. The van der Waals surface area contributed by atoms with E-state index >= 15 is 0 Å². The molecule has 136 valence electrons. The molecule has 6 heteroatoms. The lowest BCUT2D eigenvalue weighted by Gasteiger charge is -2.54. The number of nitrogens with one attached hydrogen (secondary N) is 1. The van der Waals surface area contributed by atoms with Crippen molar-refractivity contribution < 1.29 is 24.5 Å². The average Bonchev–Trinajstić information content (AvgIpc) is 2.38. The van der Waals surface area contributed by atoms with Crippen LogP contribution in [0.15, 0.2) is 0 Å². The van der Waals surface area contributed by atoms with Gasteiger partial charge in [-0.3, -0.25) is 0 Å². The van der Waals surface area contributed by atoms with E-state index in [-0.39, 0.29) is 12.3 Å². The zero-order chi connectivity index (χ0) is 17.8. The fourth-order valence-electron chi connectivity index (χ4n) is 5.28. The van der Waals surface area contributed by atoms with E-state index in [4.69, 9.17) is 4.74 Å². The minimum atomic E-state index is -1.34. The molecule has 2 unspecified atom stereocenters. The molecule has 4 saturated carbocycles. The molecular weight excluding hydrogens is 310 g/mol. The van der Waals surface area contributed by atoms with Crippen molar-refractivity contribution in [3.05, 3.63) is 0 Å². The van der Waals surface area contributed by atoms with E-state index in [1.165, 1.54) is 0 Å². The summed E-state index contributed by atoms with van der Waals surface area (Å²) in [7, 11) is 0. The van der Waals surface area contributed by atoms with Crippen LogP contribution in [0.4, 0.5) is 4.79 Å². The van der Waals surface area contributed by atoms with E-state index in [2.05, 4.69) is 5.32 Å². The smallest absolute Gasteiger partial charge is 0.408 e. The number of carbonyl (C=O) groups excluding carboxylic acids is 1. The first-order chi connectivity index (χ1) is 11.0. The lowest BCUT2D eigenvalue weighted by molar-refractivity contribution is -0.157. The summed E-state index contributed by atoms with van der Waals surface area (Å²) in [5, 5.41) is 23.6. The molecule has 0 aliphatic heterocycles. The SMILES string of the molecule is CC(C)(C)OC(=O)N[C@@]1(C(=O)O)CCC2(O)CC3CC(CC1C3)C2. The number of alkyl carbamates (subject to hydrolysis) is 1. The van der Waals surface area contributed by atoms with Gasteiger partial charge in [0.25, 0.3) is 0 Å². The van der Waals surface area contributed by atoms with Gasteiger partial charge in [-0.15, -0.1) is 0 Å². The number of hydrogen-bond acceptors (Lipinski definition) is 4. The van der Waals surface area contributed by atoms with Crippen LogP contribution in [0.1, 0.15) is 65.7 Å². The number of rotatable bonds is 2. The highest BCUT2D eigenvalue weighted by molar-refractivity contribution is 5.85. The summed E-state index contributed by atoms with van der Waals surface area (Å²) in [5.74, 6) is -0.404. The van der Waals surface area contributed by atoms with Crippen LogP contribution in [-0.2, 0) is 9.53 Å². The Kier molecular flexibility index (Phi) is 4.10. The highest BCUT2D eigenvalue weighted by atomic mass is 16.6. The molecule has 0 aromatic heterocycles. The molecule has 4 aliphatic rings. The Balaban J connectivity index is 1.89. The van der Waals surface area contributed by atoms with Gasteiger partial charge in [0, 0.05) is 0 Å². The number of ether oxygens (including phenoxy) is 1. The molecule has 4 rings (SSSR count). The minimum absolute atomic E-state index is 0.101. The van der Waals surface area contributed by atoms with Crippen LogP contribution in [0, 0.1) is 17.8 Å². The number of aliphatic hydroxyl groups is 1. The van der Waals surface area contributed by atoms with E-state index < -0.39 is 28.8 Å². The van der Waals surface area contributed by atoms with Crippen molar-refractivity contribution in [2.24, 2.45) is 17.8 Å². The molecule has 0 radical (unpaired) electrons. The Morgan fingerprint density at radius 1 is 1.08 bits per heavy atom. The summed E-state index contributed by atoms with van der Waals surface area (Å²) in [6.07, 6.45) is 4.08. The molecule has 0 saturated heterocycles. The van der Waals surface area contributed by atoms with Crippen LogP contribution < -0.4 is 5.32 Å². The zero-order valence-electron chi connectivity index (χ0n) is 14.8. The second kappa shape index (κ2) is 5.61. The van der Waals surface area contributed by atoms with Crippen molar-refractivity contribution in [3.8, 4) is 0 Å². The molecule has 0 heterocycles. The maximum absolute atomic E-state index is 12.3. The average molecular weight is 339 g/mol. The minimum Gasteiger partial charge on any atom is -0.479 e. The van der Waals surface area contributed by atoms with Gasteiger partial charge in [0.15, 0.2) is 0 Å². The summed E-state index contributed by atoms with van der Waals surface area (Å²) >= 11 is 0. The predicted molar refractivity (Wildman–Crippen MR) is 87.5 cm³/mol. The first-order valence-electron chi connectivity index (χ1n) is 8.98. The van der Waals surface area contributed by atoms with Crippen LogP contribution in [0.25, 0.3) is 0 Å². The van der Waals surface area contributed by atoms with Crippen LogP contribution in [0.5, 0.6) is 0 Å². The number of carboxylic acid groups (broad SMARTS) is 1. The number of fused-ring (bicyclic) bond motifs is 2. The monoisotopic (exact) mass is 339 g/mol. The molecule has 3 atom stereocenters. The van der Waals surface area contributed by atoms with Crippen molar-refractivity contribution in [3.63, 3.8) is 0 Å². The van der Waals surface area contributed by atoms with Crippen LogP contribution in [-0.4, -0.2) is 39.0 Å². The molecular formula is C18H29NO5. The second-order valence-electron chi connectivity index (χ2n) is 9.17. The fraction of sp³-hybridized carbons (Fsp3) is 0.889. The van der Waals surface area contributed by atoms with E-state index in [0.29, 0.717) is 18.3 Å². The molecule has 4 aliphatic carbocycles. The number of carbonyl (C=O) groups is 2. The predicted octanol–water partition coefficient (Wildman–Crippen LogP) is 2.69. The highest BCUT2D eigenvalue weighted by Gasteiger charge is 2.56. The normalized spacial score (nSPS) is 41.4. The summed E-state index contributed by atoms with van der Waals surface area (Å²) in [6, 6.07) is 0. The Hall–Kier alpha value is -1.30. The molecule has 1 amide bonds. The Labute approximate surface area is 143 Å². The first kappa shape index (κ1) is 17.5. The van der Waals surface area contributed by atoms with Crippen molar-refractivity contribution in [2.75, 3.05) is 0 Å². The Morgan fingerprint density at radius 3 is 2.17 bits per heavy atom. The van der Waals surface area contributed by atoms with Gasteiger partial charge in [-0.1, -0.05) is 0 Å². The molecule has 4 fully saturated rings. The number of amides is 1. The number of hydrogen-bond donors (Lipinski definition) is 3. The lowest BCUT2D eigenvalue weighted by atomic mass is 9.55. The maximum atomic E-state index is 12.3. The maximum Gasteiger partial charge on any atom is 0.408 e. The molecule has 0 spiro atoms. The number of carboxylic acids is 1. The summed E-state index contributed by atoms with van der Waals surface area (Å²) in [5.41, 5.74) is -2.80. The third-order valence-electron chi connectivity index (χ3n) is 6.03. The van der Waals surface area contributed by atoms with Gasteiger partial charge in [0.05, 0.1) is 5.60 Å². The molecule has 0 aromatic rings. The third-order valence-corrected chi connectivity index (χ3v) is 6.03. The summed E-state index contributed by atoms with van der Waals surface area (Å²) in [6.45, 7) is 5.27. The molecule has 0 aromatic carbocycles. The quantitative estimate of drug-likeness (QED) is 0.719. The van der Waals surface area contributed by atoms with Crippen molar-refractivity contribution in [2.45, 2.75) is 82.5 Å². The van der Waals surface area contributed by atoms with E-state index in [0.717, 1.165) is 32.1 Å². The molecule has 6 nitrogen and oxygen atoms in total. The van der Waals surface area contributed by atoms with Gasteiger partial charge in [-0.05, 0) is 83.5 Å². The summed E-state index contributed by atoms with van der Waals surface area (Å²) < 4.78 is 5.31. The Bertz CT molecular complexity index is 526. The third kappa shape index (κ3) is 3.25. The van der Waals surface area contributed by atoms with Crippen LogP contribution in [0.3, 0.4) is 0 Å². The lowest BCUT2D eigenvalue weighted by Crippen LogP contribution is -2.64. The topological polar surface area (TPSA) is 95.9 Å². The van der Waals surface area contributed by atoms with Crippen molar-refractivity contribution >= 4 is 12.1 Å². The van der Waals surface area contributed by atoms with Crippen LogP contribution >= 0.6 is 0 Å². The second-order valence-corrected chi connectivity index (χ2v) is 9.17. The van der Waals surface area contributed by atoms with E-state index in [1.54, 1.807) is 20.8 Å². The van der Waals surface area contributed by atoms with E-state index in [1.807, 2.05) is 0 Å². The zero-order valence-corrected chi connectivity index (χ0v) is 14.8. The van der Waals surface area contributed by atoms with Gasteiger partial charge >= 0.3 is 12.1 Å². The van der Waals surface area contributed by atoms with Gasteiger partial charge in [-0.2, -0.15) is 0 Å². The molecule has 4 bridgehead atoms.